The largest absolute Gasteiger partial charge is 0.493 e. The van der Waals surface area contributed by atoms with Crippen molar-refractivity contribution >= 4 is 11.6 Å². The third kappa shape index (κ3) is 3.91. The summed E-state index contributed by atoms with van der Waals surface area (Å²) in [6.45, 7) is 11.0. The molecule has 0 aromatic heterocycles. The molecule has 1 unspecified atom stereocenters. The van der Waals surface area contributed by atoms with Gasteiger partial charge >= 0.3 is 0 Å². The van der Waals surface area contributed by atoms with E-state index in [9.17, 15) is 0 Å². The molecule has 0 spiro atoms. The average molecular weight is 279 g/mol. The van der Waals surface area contributed by atoms with E-state index in [1.54, 1.807) is 0 Å². The van der Waals surface area contributed by atoms with Gasteiger partial charge in [0.2, 0.25) is 0 Å². The fraction of sp³-hybridized carbons (Fsp3) is 0.529. The van der Waals surface area contributed by atoms with E-state index in [2.05, 4.69) is 38.7 Å². The number of hydrogen-bond acceptors (Lipinski definition) is 1. The number of ether oxygens (including phenoxy) is 1. The smallest absolute Gasteiger partial charge is 0.123 e. The summed E-state index contributed by atoms with van der Waals surface area (Å²) >= 11 is 6.38. The zero-order valence-electron chi connectivity index (χ0n) is 12.6. The maximum absolute atomic E-state index is 6.38. The second-order valence-corrected chi connectivity index (χ2v) is 5.30. The molecular formula is C17H23ClO. The lowest BCUT2D eigenvalue weighted by atomic mass is 9.91. The van der Waals surface area contributed by atoms with Crippen LogP contribution in [0.15, 0.2) is 6.07 Å². The first-order chi connectivity index (χ1) is 9.02. The molecule has 0 saturated carbocycles. The van der Waals surface area contributed by atoms with Gasteiger partial charge in [-0.15, -0.1) is 11.8 Å². The Morgan fingerprint density at radius 1 is 1.37 bits per heavy atom. The first kappa shape index (κ1) is 15.9. The topological polar surface area (TPSA) is 9.23 Å². The van der Waals surface area contributed by atoms with Crippen LogP contribution in [-0.4, -0.2) is 6.61 Å². The summed E-state index contributed by atoms with van der Waals surface area (Å²) in [7, 11) is 0. The van der Waals surface area contributed by atoms with E-state index in [1.165, 1.54) is 5.56 Å². The van der Waals surface area contributed by atoms with Crippen LogP contribution >= 0.6 is 11.6 Å². The molecule has 1 aromatic rings. The molecular weight excluding hydrogens is 256 g/mol. The summed E-state index contributed by atoms with van der Waals surface area (Å²) < 4.78 is 5.90. The molecule has 0 aliphatic rings. The normalized spacial score (nSPS) is 11.7. The number of hydrogen-bond donors (Lipinski definition) is 0. The molecule has 19 heavy (non-hydrogen) atoms. The van der Waals surface area contributed by atoms with Crippen LogP contribution < -0.4 is 4.74 Å². The van der Waals surface area contributed by atoms with Crippen molar-refractivity contribution in [3.05, 3.63) is 27.8 Å². The van der Waals surface area contributed by atoms with E-state index in [0.717, 1.165) is 41.3 Å². The SMILES string of the molecule is CC#CCC(C)c1c(OCCC)cc(C)c(Cl)c1C. The third-order valence-corrected chi connectivity index (χ3v) is 3.81. The Bertz CT molecular complexity index is 494. The van der Waals surface area contributed by atoms with Gasteiger partial charge < -0.3 is 4.74 Å². The minimum atomic E-state index is 0.331. The van der Waals surface area contributed by atoms with Gasteiger partial charge in [-0.3, -0.25) is 0 Å². The summed E-state index contributed by atoms with van der Waals surface area (Å²) in [4.78, 5) is 0. The third-order valence-electron chi connectivity index (χ3n) is 3.23. The van der Waals surface area contributed by atoms with Crippen molar-refractivity contribution in [2.45, 2.75) is 53.4 Å². The van der Waals surface area contributed by atoms with Crippen LogP contribution in [0, 0.1) is 25.7 Å². The van der Waals surface area contributed by atoms with E-state index < -0.39 is 0 Å². The maximum atomic E-state index is 6.38. The van der Waals surface area contributed by atoms with Crippen LogP contribution in [0.5, 0.6) is 5.75 Å². The molecule has 0 bridgehead atoms. The fourth-order valence-corrected chi connectivity index (χ4v) is 2.39. The molecule has 104 valence electrons. The average Bonchev–Trinajstić information content (AvgIpc) is 2.39. The van der Waals surface area contributed by atoms with Gasteiger partial charge in [-0.2, -0.15) is 0 Å². The Morgan fingerprint density at radius 2 is 2.05 bits per heavy atom. The highest BCUT2D eigenvalue weighted by molar-refractivity contribution is 6.32. The number of rotatable bonds is 5. The van der Waals surface area contributed by atoms with Crippen molar-refractivity contribution in [2.24, 2.45) is 0 Å². The summed E-state index contributed by atoms with van der Waals surface area (Å²) in [5.74, 6) is 7.39. The molecule has 0 fully saturated rings. The highest BCUT2D eigenvalue weighted by Gasteiger charge is 2.18. The van der Waals surface area contributed by atoms with Crippen LogP contribution in [-0.2, 0) is 0 Å². The van der Waals surface area contributed by atoms with Gasteiger partial charge in [0.15, 0.2) is 0 Å². The predicted octanol–water partition coefficient (Wildman–Crippen LogP) is 5.26. The molecule has 0 saturated heterocycles. The lowest BCUT2D eigenvalue weighted by Gasteiger charge is -2.20. The molecule has 0 radical (unpaired) electrons. The molecule has 2 heteroatoms. The van der Waals surface area contributed by atoms with Gasteiger partial charge in [-0.25, -0.2) is 0 Å². The van der Waals surface area contributed by atoms with Gasteiger partial charge in [0.1, 0.15) is 5.75 Å². The molecule has 1 nitrogen and oxygen atoms in total. The quantitative estimate of drug-likeness (QED) is 0.667. The minimum Gasteiger partial charge on any atom is -0.493 e. The van der Waals surface area contributed by atoms with Gasteiger partial charge in [-0.1, -0.05) is 25.4 Å². The van der Waals surface area contributed by atoms with Crippen LogP contribution in [0.4, 0.5) is 0 Å². The van der Waals surface area contributed by atoms with Crippen molar-refractivity contribution < 1.29 is 4.74 Å². The van der Waals surface area contributed by atoms with Crippen molar-refractivity contribution in [3.8, 4) is 17.6 Å². The Balaban J connectivity index is 3.22. The molecule has 0 heterocycles. The van der Waals surface area contributed by atoms with Crippen LogP contribution in [0.3, 0.4) is 0 Å². The van der Waals surface area contributed by atoms with Gasteiger partial charge in [-0.05, 0) is 50.3 Å². The first-order valence-electron chi connectivity index (χ1n) is 6.84. The Kier molecular flexibility index (Phi) is 6.25. The number of benzene rings is 1. The fourth-order valence-electron chi connectivity index (χ4n) is 2.24. The zero-order valence-corrected chi connectivity index (χ0v) is 13.3. The number of halogens is 1. The molecule has 0 aliphatic carbocycles. The predicted molar refractivity (Wildman–Crippen MR) is 83.2 cm³/mol. The maximum Gasteiger partial charge on any atom is 0.123 e. The van der Waals surface area contributed by atoms with E-state index in [1.807, 2.05) is 13.8 Å². The monoisotopic (exact) mass is 278 g/mol. The molecule has 0 aliphatic heterocycles. The highest BCUT2D eigenvalue weighted by Crippen LogP contribution is 2.37. The van der Waals surface area contributed by atoms with Gasteiger partial charge in [0.05, 0.1) is 6.61 Å². The molecule has 0 N–H and O–H groups in total. The lowest BCUT2D eigenvalue weighted by molar-refractivity contribution is 0.312. The highest BCUT2D eigenvalue weighted by atomic mass is 35.5. The lowest BCUT2D eigenvalue weighted by Crippen LogP contribution is -2.05. The first-order valence-corrected chi connectivity index (χ1v) is 7.22. The van der Waals surface area contributed by atoms with Crippen LogP contribution in [0.25, 0.3) is 0 Å². The molecule has 1 rings (SSSR count). The van der Waals surface area contributed by atoms with Gasteiger partial charge in [0, 0.05) is 17.0 Å². The Labute approximate surface area is 122 Å². The summed E-state index contributed by atoms with van der Waals surface area (Å²) in [5.41, 5.74) is 3.40. The second kappa shape index (κ2) is 7.46. The zero-order chi connectivity index (χ0) is 14.4. The van der Waals surface area contributed by atoms with Crippen molar-refractivity contribution in [3.63, 3.8) is 0 Å². The van der Waals surface area contributed by atoms with Crippen LogP contribution in [0.2, 0.25) is 5.02 Å². The van der Waals surface area contributed by atoms with Crippen LogP contribution in [0.1, 0.15) is 56.2 Å². The summed E-state index contributed by atoms with van der Waals surface area (Å²) in [6.07, 6.45) is 1.84. The molecule has 1 atom stereocenters. The Hall–Kier alpha value is -1.13. The van der Waals surface area contributed by atoms with E-state index in [4.69, 9.17) is 16.3 Å². The standard InChI is InChI=1S/C17H23ClO/c1-6-8-9-12(3)16-14(5)17(18)13(4)11-15(16)19-10-7-2/h11-12H,7,9-10H2,1-5H3. The van der Waals surface area contributed by atoms with Crippen molar-refractivity contribution in [1.29, 1.82) is 0 Å². The van der Waals surface area contributed by atoms with Gasteiger partial charge in [0.25, 0.3) is 0 Å². The summed E-state index contributed by atoms with van der Waals surface area (Å²) in [5, 5.41) is 0.843. The Morgan fingerprint density at radius 3 is 2.63 bits per heavy atom. The van der Waals surface area contributed by atoms with E-state index >= 15 is 0 Å². The van der Waals surface area contributed by atoms with E-state index in [0.29, 0.717) is 5.92 Å². The molecule has 0 amide bonds. The van der Waals surface area contributed by atoms with E-state index in [-0.39, 0.29) is 0 Å². The second-order valence-electron chi connectivity index (χ2n) is 4.92. The summed E-state index contributed by atoms with van der Waals surface area (Å²) in [6, 6.07) is 2.05. The number of aryl methyl sites for hydroxylation is 1. The van der Waals surface area contributed by atoms with Crippen molar-refractivity contribution in [1.82, 2.24) is 0 Å². The molecule has 1 aromatic carbocycles. The minimum absolute atomic E-state index is 0.331. The van der Waals surface area contributed by atoms with Crippen molar-refractivity contribution in [2.75, 3.05) is 6.61 Å².